The highest BCUT2D eigenvalue weighted by molar-refractivity contribution is 7.92. The molecular formula is C30H34Cl3N3O4S. The topological polar surface area (TPSA) is 86.8 Å². The summed E-state index contributed by atoms with van der Waals surface area (Å²) in [6.07, 6.45) is 1.90. The van der Waals surface area contributed by atoms with E-state index < -0.39 is 28.5 Å². The highest BCUT2D eigenvalue weighted by Gasteiger charge is 2.34. The largest absolute Gasteiger partial charge is 0.352 e. The molecule has 2 unspecified atom stereocenters. The van der Waals surface area contributed by atoms with Crippen molar-refractivity contribution in [3.8, 4) is 0 Å². The third kappa shape index (κ3) is 9.10. The molecule has 3 rings (SSSR count). The van der Waals surface area contributed by atoms with Gasteiger partial charge >= 0.3 is 0 Å². The van der Waals surface area contributed by atoms with Crippen molar-refractivity contribution in [3.63, 3.8) is 0 Å². The zero-order valence-corrected chi connectivity index (χ0v) is 26.5. The fourth-order valence-electron chi connectivity index (χ4n) is 4.18. The molecule has 0 aliphatic heterocycles. The van der Waals surface area contributed by atoms with E-state index in [-0.39, 0.29) is 45.7 Å². The molecule has 0 saturated heterocycles. The van der Waals surface area contributed by atoms with Gasteiger partial charge in [0, 0.05) is 19.0 Å². The molecular weight excluding hydrogens is 605 g/mol. The smallest absolute Gasteiger partial charge is 0.244 e. The minimum absolute atomic E-state index is 0.0101. The van der Waals surface area contributed by atoms with E-state index >= 15 is 0 Å². The molecule has 220 valence electrons. The first kappa shape index (κ1) is 32.7. The number of hydrogen-bond acceptors (Lipinski definition) is 4. The van der Waals surface area contributed by atoms with Gasteiger partial charge in [0.2, 0.25) is 21.8 Å². The maximum absolute atomic E-state index is 14.1. The Kier molecular flexibility index (Phi) is 11.5. The summed E-state index contributed by atoms with van der Waals surface area (Å²) in [5.74, 6) is -0.916. The van der Waals surface area contributed by atoms with Gasteiger partial charge in [-0.1, -0.05) is 102 Å². The van der Waals surface area contributed by atoms with E-state index in [9.17, 15) is 18.0 Å². The number of halogens is 3. The SMILES string of the molecule is CCC(C)NC(=O)C(Cc1ccccc1)N(Cc1ccc(C)cc1)C(=O)CN(c1cc(Cl)c(Cl)cc1Cl)S(C)(=O)=O. The molecule has 41 heavy (non-hydrogen) atoms. The number of rotatable bonds is 12. The number of benzene rings is 3. The fourth-order valence-corrected chi connectivity index (χ4v) is 5.73. The van der Waals surface area contributed by atoms with Gasteiger partial charge in [-0.25, -0.2) is 8.42 Å². The van der Waals surface area contributed by atoms with Crippen LogP contribution in [0.15, 0.2) is 66.7 Å². The van der Waals surface area contributed by atoms with E-state index in [1.54, 1.807) is 0 Å². The van der Waals surface area contributed by atoms with Crippen molar-refractivity contribution in [1.82, 2.24) is 10.2 Å². The van der Waals surface area contributed by atoms with E-state index in [1.807, 2.05) is 75.4 Å². The number of aryl methyl sites for hydroxylation is 1. The van der Waals surface area contributed by atoms with Crippen LogP contribution in [0.25, 0.3) is 0 Å². The van der Waals surface area contributed by atoms with Gasteiger partial charge in [0.1, 0.15) is 12.6 Å². The van der Waals surface area contributed by atoms with Gasteiger partial charge in [-0.3, -0.25) is 13.9 Å². The molecule has 0 fully saturated rings. The second kappa shape index (κ2) is 14.4. The number of anilines is 1. The summed E-state index contributed by atoms with van der Waals surface area (Å²) < 4.78 is 26.8. The molecule has 3 aromatic rings. The Morgan fingerprint density at radius 2 is 1.51 bits per heavy atom. The number of hydrogen-bond donors (Lipinski definition) is 1. The molecule has 0 bridgehead atoms. The lowest BCUT2D eigenvalue weighted by Crippen LogP contribution is -2.54. The fraction of sp³-hybridized carbons (Fsp3) is 0.333. The third-order valence-electron chi connectivity index (χ3n) is 6.68. The number of nitrogens with one attached hydrogen (secondary N) is 1. The summed E-state index contributed by atoms with van der Waals surface area (Å²) in [7, 11) is -4.01. The number of sulfonamides is 1. The number of carbonyl (C=O) groups is 2. The highest BCUT2D eigenvalue weighted by Crippen LogP contribution is 2.35. The van der Waals surface area contributed by atoms with Gasteiger partial charge in [-0.2, -0.15) is 0 Å². The molecule has 0 aliphatic rings. The summed E-state index contributed by atoms with van der Waals surface area (Å²) in [6.45, 7) is 5.27. The predicted molar refractivity (Wildman–Crippen MR) is 167 cm³/mol. The first-order valence-electron chi connectivity index (χ1n) is 13.1. The molecule has 0 aliphatic carbocycles. The summed E-state index contributed by atoms with van der Waals surface area (Å²) >= 11 is 18.6. The lowest BCUT2D eigenvalue weighted by molar-refractivity contribution is -0.140. The van der Waals surface area contributed by atoms with Gasteiger partial charge in [-0.15, -0.1) is 0 Å². The summed E-state index contributed by atoms with van der Waals surface area (Å²) in [6, 6.07) is 18.6. The van der Waals surface area contributed by atoms with Crippen molar-refractivity contribution < 1.29 is 18.0 Å². The average molecular weight is 639 g/mol. The van der Waals surface area contributed by atoms with Crippen molar-refractivity contribution in [2.75, 3.05) is 17.1 Å². The van der Waals surface area contributed by atoms with Crippen LogP contribution in [0.5, 0.6) is 0 Å². The van der Waals surface area contributed by atoms with Gasteiger partial charge in [0.15, 0.2) is 0 Å². The molecule has 3 aromatic carbocycles. The average Bonchev–Trinajstić information content (AvgIpc) is 2.92. The second-order valence-electron chi connectivity index (χ2n) is 10.0. The van der Waals surface area contributed by atoms with E-state index in [0.717, 1.165) is 27.3 Å². The van der Waals surface area contributed by atoms with Crippen molar-refractivity contribution in [3.05, 3.63) is 98.5 Å². The molecule has 11 heteroatoms. The molecule has 0 aromatic heterocycles. The monoisotopic (exact) mass is 637 g/mol. The van der Waals surface area contributed by atoms with E-state index in [2.05, 4.69) is 5.32 Å². The number of amides is 2. The van der Waals surface area contributed by atoms with Crippen LogP contribution < -0.4 is 9.62 Å². The van der Waals surface area contributed by atoms with Crippen LogP contribution in [0.4, 0.5) is 5.69 Å². The van der Waals surface area contributed by atoms with Crippen molar-refractivity contribution >= 4 is 62.3 Å². The molecule has 0 radical (unpaired) electrons. The Morgan fingerprint density at radius 1 is 0.902 bits per heavy atom. The Bertz CT molecular complexity index is 1470. The van der Waals surface area contributed by atoms with Gasteiger partial charge in [0.25, 0.3) is 0 Å². The van der Waals surface area contributed by atoms with Gasteiger partial charge in [0.05, 0.1) is 27.0 Å². The Balaban J connectivity index is 2.09. The molecule has 7 nitrogen and oxygen atoms in total. The first-order valence-corrected chi connectivity index (χ1v) is 16.1. The molecule has 2 atom stereocenters. The van der Waals surface area contributed by atoms with Crippen molar-refractivity contribution in [1.29, 1.82) is 0 Å². The van der Waals surface area contributed by atoms with E-state index in [0.29, 0.717) is 6.42 Å². The van der Waals surface area contributed by atoms with Crippen LogP contribution >= 0.6 is 34.8 Å². The Morgan fingerprint density at radius 3 is 2.10 bits per heavy atom. The molecule has 0 saturated carbocycles. The number of carbonyl (C=O) groups excluding carboxylic acids is 2. The second-order valence-corrected chi connectivity index (χ2v) is 13.1. The third-order valence-corrected chi connectivity index (χ3v) is 8.83. The van der Waals surface area contributed by atoms with Crippen LogP contribution in [0.3, 0.4) is 0 Å². The highest BCUT2D eigenvalue weighted by atomic mass is 35.5. The van der Waals surface area contributed by atoms with Crippen LogP contribution in [0.2, 0.25) is 15.1 Å². The summed E-state index contributed by atoms with van der Waals surface area (Å²) in [4.78, 5) is 29.3. The van der Waals surface area contributed by atoms with Crippen LogP contribution in [-0.2, 0) is 32.6 Å². The quantitative estimate of drug-likeness (QED) is 0.237. The van der Waals surface area contributed by atoms with Crippen LogP contribution in [-0.4, -0.2) is 50.0 Å². The minimum Gasteiger partial charge on any atom is -0.352 e. The normalized spacial score (nSPS) is 12.9. The zero-order chi connectivity index (χ0) is 30.3. The van der Waals surface area contributed by atoms with Crippen molar-refractivity contribution in [2.45, 2.75) is 52.2 Å². The Labute approximate surface area is 257 Å². The predicted octanol–water partition coefficient (Wildman–Crippen LogP) is 6.28. The zero-order valence-electron chi connectivity index (χ0n) is 23.4. The molecule has 2 amide bonds. The lowest BCUT2D eigenvalue weighted by atomic mass is 10.0. The maximum Gasteiger partial charge on any atom is 0.244 e. The molecule has 0 spiro atoms. The van der Waals surface area contributed by atoms with Gasteiger partial charge < -0.3 is 10.2 Å². The van der Waals surface area contributed by atoms with E-state index in [4.69, 9.17) is 34.8 Å². The summed E-state index contributed by atoms with van der Waals surface area (Å²) in [5, 5.41) is 3.24. The molecule has 1 N–H and O–H groups in total. The van der Waals surface area contributed by atoms with Crippen LogP contribution in [0.1, 0.15) is 37.0 Å². The maximum atomic E-state index is 14.1. The van der Waals surface area contributed by atoms with Crippen LogP contribution in [0, 0.1) is 6.92 Å². The van der Waals surface area contributed by atoms with E-state index in [1.165, 1.54) is 17.0 Å². The Hall–Kier alpha value is -2.78. The summed E-state index contributed by atoms with van der Waals surface area (Å²) in [5.41, 5.74) is 2.69. The minimum atomic E-state index is -4.01. The van der Waals surface area contributed by atoms with Crippen molar-refractivity contribution in [2.24, 2.45) is 0 Å². The number of nitrogens with zero attached hydrogens (tertiary/aromatic N) is 2. The standard InChI is InChI=1S/C30H34Cl3N3O4S/c1-5-21(3)34-30(38)28(15-22-9-7-6-8-10-22)35(18-23-13-11-20(2)12-14-23)29(37)19-36(41(4,39)40)27-17-25(32)24(31)16-26(27)33/h6-14,16-17,21,28H,5,15,18-19H2,1-4H3,(H,34,38). The first-order chi connectivity index (χ1) is 19.3. The lowest BCUT2D eigenvalue weighted by Gasteiger charge is -2.34. The molecule has 0 heterocycles. The van der Waals surface area contributed by atoms with Gasteiger partial charge in [-0.05, 0) is 43.5 Å².